The molecule has 1 aliphatic heterocycles. The highest BCUT2D eigenvalue weighted by molar-refractivity contribution is 5.98. The Morgan fingerprint density at radius 3 is 2.74 bits per heavy atom. The molecular formula is C20H22FN3O3. The number of anilines is 2. The number of carbonyl (C=O) groups is 2. The maximum absolute atomic E-state index is 12.9. The fraction of sp³-hybridized carbons (Fsp3) is 0.300. The van der Waals surface area contributed by atoms with E-state index in [2.05, 4.69) is 16.0 Å². The second-order valence-corrected chi connectivity index (χ2v) is 6.49. The SMILES string of the molecule is C[C@H](Nc1ccc2c(c1)NC(=O)[C@H](C)O2)C(=O)NCCc1ccc(F)cc1. The van der Waals surface area contributed by atoms with Crippen molar-refractivity contribution in [2.24, 2.45) is 0 Å². The van der Waals surface area contributed by atoms with Gasteiger partial charge in [-0.2, -0.15) is 0 Å². The maximum atomic E-state index is 12.9. The minimum atomic E-state index is -0.526. The van der Waals surface area contributed by atoms with Crippen molar-refractivity contribution in [3.8, 4) is 5.75 Å². The fourth-order valence-electron chi connectivity index (χ4n) is 2.75. The second kappa shape index (κ2) is 8.07. The van der Waals surface area contributed by atoms with Gasteiger partial charge in [0.25, 0.3) is 5.91 Å². The molecule has 2 atom stereocenters. The topological polar surface area (TPSA) is 79.5 Å². The highest BCUT2D eigenvalue weighted by Gasteiger charge is 2.23. The Kier molecular flexibility index (Phi) is 5.59. The summed E-state index contributed by atoms with van der Waals surface area (Å²) in [5.41, 5.74) is 2.23. The number of carbonyl (C=O) groups excluding carboxylic acids is 2. The van der Waals surface area contributed by atoms with Crippen LogP contribution in [0, 0.1) is 5.82 Å². The smallest absolute Gasteiger partial charge is 0.265 e. The summed E-state index contributed by atoms with van der Waals surface area (Å²) >= 11 is 0. The number of rotatable bonds is 6. The van der Waals surface area contributed by atoms with E-state index in [1.165, 1.54) is 12.1 Å². The summed E-state index contributed by atoms with van der Waals surface area (Å²) in [7, 11) is 0. The number of hydrogen-bond donors (Lipinski definition) is 3. The van der Waals surface area contributed by atoms with Crippen LogP contribution in [0.1, 0.15) is 19.4 Å². The zero-order valence-corrected chi connectivity index (χ0v) is 15.2. The third-order valence-electron chi connectivity index (χ3n) is 4.31. The molecule has 0 bridgehead atoms. The number of nitrogens with one attached hydrogen (secondary N) is 3. The first-order valence-electron chi connectivity index (χ1n) is 8.82. The molecule has 142 valence electrons. The predicted molar refractivity (Wildman–Crippen MR) is 101 cm³/mol. The molecule has 3 rings (SSSR count). The van der Waals surface area contributed by atoms with Gasteiger partial charge in [-0.1, -0.05) is 12.1 Å². The predicted octanol–water partition coefficient (Wildman–Crippen LogP) is 2.70. The quantitative estimate of drug-likeness (QED) is 0.730. The van der Waals surface area contributed by atoms with Crippen LogP contribution >= 0.6 is 0 Å². The molecule has 0 unspecified atom stereocenters. The Morgan fingerprint density at radius 2 is 2.00 bits per heavy atom. The van der Waals surface area contributed by atoms with Crippen LogP contribution in [0.25, 0.3) is 0 Å². The highest BCUT2D eigenvalue weighted by Crippen LogP contribution is 2.32. The van der Waals surface area contributed by atoms with Crippen LogP contribution in [0.15, 0.2) is 42.5 Å². The highest BCUT2D eigenvalue weighted by atomic mass is 19.1. The lowest BCUT2D eigenvalue weighted by Gasteiger charge is -2.24. The summed E-state index contributed by atoms with van der Waals surface area (Å²) in [4.78, 5) is 24.0. The van der Waals surface area contributed by atoms with E-state index >= 15 is 0 Å². The molecule has 0 aromatic heterocycles. The molecule has 0 aliphatic carbocycles. The van der Waals surface area contributed by atoms with E-state index in [4.69, 9.17) is 4.74 Å². The molecule has 6 nitrogen and oxygen atoms in total. The first-order chi connectivity index (χ1) is 12.9. The van der Waals surface area contributed by atoms with Gasteiger partial charge in [0.2, 0.25) is 5.91 Å². The minimum Gasteiger partial charge on any atom is -0.479 e. The normalized spacial score (nSPS) is 16.6. The summed E-state index contributed by atoms with van der Waals surface area (Å²) in [6.07, 6.45) is 0.0983. The molecule has 0 saturated heterocycles. The van der Waals surface area contributed by atoms with Crippen molar-refractivity contribution in [1.29, 1.82) is 0 Å². The molecular weight excluding hydrogens is 349 g/mol. The van der Waals surface area contributed by atoms with Crippen molar-refractivity contribution in [3.05, 3.63) is 53.8 Å². The van der Waals surface area contributed by atoms with Crippen molar-refractivity contribution < 1.29 is 18.7 Å². The molecule has 0 radical (unpaired) electrons. The zero-order chi connectivity index (χ0) is 19.4. The average molecular weight is 371 g/mol. The first kappa shape index (κ1) is 18.7. The lowest BCUT2D eigenvalue weighted by molar-refractivity contribution is -0.123. The van der Waals surface area contributed by atoms with Gasteiger partial charge >= 0.3 is 0 Å². The molecule has 0 fully saturated rings. The van der Waals surface area contributed by atoms with E-state index in [0.717, 1.165) is 5.56 Å². The van der Waals surface area contributed by atoms with E-state index in [1.807, 2.05) is 0 Å². The Balaban J connectivity index is 1.51. The largest absolute Gasteiger partial charge is 0.479 e. The zero-order valence-electron chi connectivity index (χ0n) is 15.2. The van der Waals surface area contributed by atoms with Gasteiger partial charge in [0.15, 0.2) is 6.10 Å². The Bertz CT molecular complexity index is 839. The molecule has 2 aromatic carbocycles. The number of amides is 2. The molecule has 1 aliphatic rings. The second-order valence-electron chi connectivity index (χ2n) is 6.49. The Hall–Kier alpha value is -3.09. The summed E-state index contributed by atoms with van der Waals surface area (Å²) in [6.45, 7) is 3.90. The lowest BCUT2D eigenvalue weighted by atomic mass is 10.1. The van der Waals surface area contributed by atoms with Gasteiger partial charge in [0.1, 0.15) is 17.6 Å². The first-order valence-corrected chi connectivity index (χ1v) is 8.82. The van der Waals surface area contributed by atoms with Gasteiger partial charge in [-0.05, 0) is 56.2 Å². The van der Waals surface area contributed by atoms with Crippen LogP contribution in [0.3, 0.4) is 0 Å². The van der Waals surface area contributed by atoms with E-state index in [-0.39, 0.29) is 17.6 Å². The fourth-order valence-corrected chi connectivity index (χ4v) is 2.75. The third kappa shape index (κ3) is 4.75. The standard InChI is InChI=1S/C20H22FN3O3/c1-12(19(25)22-10-9-14-3-5-15(21)6-4-14)23-16-7-8-18-17(11-16)24-20(26)13(2)27-18/h3-8,11-13,23H,9-10H2,1-2H3,(H,22,25)(H,24,26)/t12-,13-/m0/s1. The molecule has 0 spiro atoms. The van der Waals surface area contributed by atoms with Crippen LogP contribution in [0.2, 0.25) is 0 Å². The third-order valence-corrected chi connectivity index (χ3v) is 4.31. The molecule has 27 heavy (non-hydrogen) atoms. The van der Waals surface area contributed by atoms with Crippen molar-refractivity contribution >= 4 is 23.2 Å². The molecule has 0 saturated carbocycles. The number of ether oxygens (including phenoxy) is 1. The Labute approximate surface area is 157 Å². The molecule has 2 amide bonds. The number of fused-ring (bicyclic) bond motifs is 1. The van der Waals surface area contributed by atoms with Crippen LogP contribution in [0.5, 0.6) is 5.75 Å². The summed E-state index contributed by atoms with van der Waals surface area (Å²) < 4.78 is 18.4. The van der Waals surface area contributed by atoms with Crippen molar-refractivity contribution in [1.82, 2.24) is 5.32 Å². The van der Waals surface area contributed by atoms with Crippen molar-refractivity contribution in [2.45, 2.75) is 32.4 Å². The minimum absolute atomic E-state index is 0.149. The van der Waals surface area contributed by atoms with Gasteiger partial charge in [-0.25, -0.2) is 4.39 Å². The van der Waals surface area contributed by atoms with E-state index in [9.17, 15) is 14.0 Å². The number of benzene rings is 2. The van der Waals surface area contributed by atoms with Gasteiger partial charge in [-0.15, -0.1) is 0 Å². The summed E-state index contributed by atoms with van der Waals surface area (Å²) in [5.74, 6) is -0.0271. The number of hydrogen-bond acceptors (Lipinski definition) is 4. The lowest BCUT2D eigenvalue weighted by Crippen LogP contribution is -2.38. The average Bonchev–Trinajstić information content (AvgIpc) is 2.64. The van der Waals surface area contributed by atoms with E-state index in [1.54, 1.807) is 44.2 Å². The van der Waals surface area contributed by atoms with E-state index in [0.29, 0.717) is 30.1 Å². The van der Waals surface area contributed by atoms with Gasteiger partial charge in [0, 0.05) is 12.2 Å². The summed E-state index contributed by atoms with van der Waals surface area (Å²) in [6, 6.07) is 11.0. The molecule has 2 aromatic rings. The van der Waals surface area contributed by atoms with Crippen molar-refractivity contribution in [3.63, 3.8) is 0 Å². The summed E-state index contributed by atoms with van der Waals surface area (Å²) in [5, 5.41) is 8.73. The molecule has 3 N–H and O–H groups in total. The maximum Gasteiger partial charge on any atom is 0.265 e. The van der Waals surface area contributed by atoms with Gasteiger partial charge in [-0.3, -0.25) is 9.59 Å². The van der Waals surface area contributed by atoms with Gasteiger partial charge in [0.05, 0.1) is 5.69 Å². The molecule has 7 heteroatoms. The van der Waals surface area contributed by atoms with Crippen LogP contribution < -0.4 is 20.7 Å². The van der Waals surface area contributed by atoms with Gasteiger partial charge < -0.3 is 20.7 Å². The van der Waals surface area contributed by atoms with E-state index < -0.39 is 12.1 Å². The van der Waals surface area contributed by atoms with Crippen LogP contribution in [-0.4, -0.2) is 30.5 Å². The number of halogens is 1. The van der Waals surface area contributed by atoms with Crippen LogP contribution in [-0.2, 0) is 16.0 Å². The Morgan fingerprint density at radius 1 is 1.26 bits per heavy atom. The van der Waals surface area contributed by atoms with Crippen LogP contribution in [0.4, 0.5) is 15.8 Å². The molecule has 1 heterocycles. The van der Waals surface area contributed by atoms with Crippen molar-refractivity contribution in [2.75, 3.05) is 17.2 Å². The monoisotopic (exact) mass is 371 g/mol.